The number of benzene rings is 1. The molecular formula is C15H19ClN2. The number of rotatable bonds is 3. The molecule has 18 heavy (non-hydrogen) atoms. The van der Waals surface area contributed by atoms with Gasteiger partial charge in [0.1, 0.15) is 0 Å². The zero-order valence-electron chi connectivity index (χ0n) is 11.4. The third-order valence-electron chi connectivity index (χ3n) is 3.38. The summed E-state index contributed by atoms with van der Waals surface area (Å²) >= 11 is 6.18. The first-order valence-electron chi connectivity index (χ1n) is 6.36. The molecule has 0 unspecified atom stereocenters. The van der Waals surface area contributed by atoms with Crippen LogP contribution in [-0.4, -0.2) is 11.5 Å². The van der Waals surface area contributed by atoms with E-state index in [-0.39, 0.29) is 0 Å². The van der Waals surface area contributed by atoms with E-state index < -0.39 is 0 Å². The highest BCUT2D eigenvalue weighted by molar-refractivity contribution is 6.32. The van der Waals surface area contributed by atoms with Gasteiger partial charge in [0.25, 0.3) is 0 Å². The molecule has 0 fully saturated rings. The summed E-state index contributed by atoms with van der Waals surface area (Å²) in [4.78, 5) is 4.68. The number of aryl methyl sites for hydroxylation is 2. The maximum atomic E-state index is 6.18. The van der Waals surface area contributed by atoms with Gasteiger partial charge in [-0.3, -0.25) is 4.98 Å². The Morgan fingerprint density at radius 2 is 1.89 bits per heavy atom. The maximum absolute atomic E-state index is 6.18. The second-order valence-corrected chi connectivity index (χ2v) is 5.10. The molecule has 0 radical (unpaired) electrons. The third kappa shape index (κ3) is 2.17. The molecule has 0 aliphatic rings. The van der Waals surface area contributed by atoms with Gasteiger partial charge in [-0.15, -0.1) is 0 Å². The lowest BCUT2D eigenvalue weighted by molar-refractivity contribution is 0.977. The van der Waals surface area contributed by atoms with Gasteiger partial charge >= 0.3 is 0 Å². The first-order valence-corrected chi connectivity index (χ1v) is 6.74. The van der Waals surface area contributed by atoms with Crippen LogP contribution in [0.5, 0.6) is 0 Å². The molecular weight excluding hydrogens is 244 g/mol. The van der Waals surface area contributed by atoms with E-state index in [4.69, 9.17) is 11.6 Å². The molecule has 1 aromatic heterocycles. The van der Waals surface area contributed by atoms with Gasteiger partial charge in [-0.2, -0.15) is 0 Å². The number of aromatic nitrogens is 1. The lowest BCUT2D eigenvalue weighted by Crippen LogP contribution is -2.05. The lowest BCUT2D eigenvalue weighted by Gasteiger charge is -2.15. The minimum atomic E-state index is 0.777. The number of nitrogens with one attached hydrogen (secondary N) is 1. The molecule has 0 saturated carbocycles. The van der Waals surface area contributed by atoms with Crippen LogP contribution in [0.4, 0.5) is 5.69 Å². The summed E-state index contributed by atoms with van der Waals surface area (Å²) in [5.41, 5.74) is 5.53. The van der Waals surface area contributed by atoms with E-state index in [1.54, 1.807) is 0 Å². The molecule has 1 N–H and O–H groups in total. The first-order chi connectivity index (χ1) is 8.56. The van der Waals surface area contributed by atoms with Crippen LogP contribution in [0, 0.1) is 20.8 Å². The van der Waals surface area contributed by atoms with Crippen LogP contribution in [0.25, 0.3) is 10.9 Å². The summed E-state index contributed by atoms with van der Waals surface area (Å²) in [6, 6.07) is 4.01. The summed E-state index contributed by atoms with van der Waals surface area (Å²) < 4.78 is 0. The van der Waals surface area contributed by atoms with Gasteiger partial charge < -0.3 is 5.32 Å². The Morgan fingerprint density at radius 1 is 1.17 bits per heavy atom. The normalized spacial score (nSPS) is 10.9. The molecule has 0 saturated heterocycles. The topological polar surface area (TPSA) is 24.9 Å². The summed E-state index contributed by atoms with van der Waals surface area (Å²) in [6.45, 7) is 9.33. The molecule has 0 amide bonds. The fourth-order valence-corrected chi connectivity index (χ4v) is 2.29. The Bertz CT molecular complexity index is 591. The van der Waals surface area contributed by atoms with Gasteiger partial charge in [-0.1, -0.05) is 18.5 Å². The number of anilines is 1. The molecule has 2 nitrogen and oxygen atoms in total. The summed E-state index contributed by atoms with van der Waals surface area (Å²) in [5.74, 6) is 0. The summed E-state index contributed by atoms with van der Waals surface area (Å²) in [5, 5.41) is 5.45. The van der Waals surface area contributed by atoms with E-state index >= 15 is 0 Å². The Hall–Kier alpha value is -1.28. The molecule has 2 rings (SSSR count). The van der Waals surface area contributed by atoms with Crippen molar-refractivity contribution < 1.29 is 0 Å². The number of hydrogen-bond acceptors (Lipinski definition) is 2. The van der Waals surface area contributed by atoms with Crippen molar-refractivity contribution in [3.8, 4) is 0 Å². The molecule has 96 valence electrons. The van der Waals surface area contributed by atoms with Crippen molar-refractivity contribution >= 4 is 28.2 Å². The minimum absolute atomic E-state index is 0.777. The molecule has 1 aromatic carbocycles. The Balaban J connectivity index is 2.73. The van der Waals surface area contributed by atoms with Crippen molar-refractivity contribution in [2.45, 2.75) is 34.1 Å². The highest BCUT2D eigenvalue weighted by atomic mass is 35.5. The fourth-order valence-electron chi connectivity index (χ4n) is 2.13. The van der Waals surface area contributed by atoms with E-state index in [0.29, 0.717) is 0 Å². The average molecular weight is 263 g/mol. The van der Waals surface area contributed by atoms with Crippen LogP contribution < -0.4 is 5.32 Å². The van der Waals surface area contributed by atoms with Gasteiger partial charge in [-0.25, -0.2) is 0 Å². The smallest absolute Gasteiger partial charge is 0.0770 e. The average Bonchev–Trinajstić information content (AvgIpc) is 2.35. The number of hydrogen-bond donors (Lipinski definition) is 1. The van der Waals surface area contributed by atoms with Crippen LogP contribution >= 0.6 is 11.6 Å². The quantitative estimate of drug-likeness (QED) is 0.872. The molecule has 0 aliphatic carbocycles. The van der Waals surface area contributed by atoms with Gasteiger partial charge in [0, 0.05) is 28.3 Å². The van der Waals surface area contributed by atoms with E-state index in [1.165, 1.54) is 11.3 Å². The Labute approximate surface area is 113 Å². The van der Waals surface area contributed by atoms with Crippen LogP contribution in [0.1, 0.15) is 30.2 Å². The minimum Gasteiger partial charge on any atom is -0.384 e. The zero-order chi connectivity index (χ0) is 13.3. The van der Waals surface area contributed by atoms with Crippen LogP contribution in [0.15, 0.2) is 12.1 Å². The highest BCUT2D eigenvalue weighted by Gasteiger charge is 2.11. The molecule has 0 atom stereocenters. The lowest BCUT2D eigenvalue weighted by atomic mass is 10.0. The molecule has 2 aromatic rings. The highest BCUT2D eigenvalue weighted by Crippen LogP contribution is 2.32. The monoisotopic (exact) mass is 262 g/mol. The zero-order valence-corrected chi connectivity index (χ0v) is 12.2. The maximum Gasteiger partial charge on any atom is 0.0770 e. The van der Waals surface area contributed by atoms with E-state index in [1.807, 2.05) is 19.9 Å². The van der Waals surface area contributed by atoms with Crippen molar-refractivity contribution in [1.82, 2.24) is 4.98 Å². The largest absolute Gasteiger partial charge is 0.384 e. The molecule has 0 spiro atoms. The second-order valence-electron chi connectivity index (χ2n) is 4.69. The van der Waals surface area contributed by atoms with Gasteiger partial charge in [0.2, 0.25) is 0 Å². The van der Waals surface area contributed by atoms with Gasteiger partial charge in [-0.05, 0) is 50.5 Å². The SMILES string of the molecule is CCCNc1c(C)c(C)nc2c(C)c(Cl)ccc12. The predicted molar refractivity (Wildman–Crippen MR) is 79.7 cm³/mol. The van der Waals surface area contributed by atoms with Crippen LogP contribution in [0.2, 0.25) is 5.02 Å². The number of pyridine rings is 1. The van der Waals surface area contributed by atoms with Crippen molar-refractivity contribution in [3.05, 3.63) is 34.0 Å². The number of fused-ring (bicyclic) bond motifs is 1. The summed E-state index contributed by atoms with van der Waals surface area (Å²) in [6.07, 6.45) is 1.11. The van der Waals surface area contributed by atoms with Gasteiger partial charge in [0.05, 0.1) is 5.52 Å². The molecule has 1 heterocycles. The second kappa shape index (κ2) is 5.15. The number of nitrogens with zero attached hydrogens (tertiary/aromatic N) is 1. The molecule has 3 heteroatoms. The van der Waals surface area contributed by atoms with Crippen molar-refractivity contribution in [3.63, 3.8) is 0 Å². The summed E-state index contributed by atoms with van der Waals surface area (Å²) in [7, 11) is 0. The van der Waals surface area contributed by atoms with E-state index in [9.17, 15) is 0 Å². The first kappa shape index (κ1) is 13.2. The van der Waals surface area contributed by atoms with Crippen molar-refractivity contribution in [2.24, 2.45) is 0 Å². The third-order valence-corrected chi connectivity index (χ3v) is 3.79. The van der Waals surface area contributed by atoms with E-state index in [2.05, 4.69) is 30.2 Å². The Morgan fingerprint density at radius 3 is 2.56 bits per heavy atom. The van der Waals surface area contributed by atoms with Crippen LogP contribution in [-0.2, 0) is 0 Å². The standard InChI is InChI=1S/C15H19ClN2/c1-5-8-17-14-9(2)11(4)18-15-10(3)13(16)7-6-12(14)15/h6-7H,5,8H2,1-4H3,(H,17,18). The predicted octanol–water partition coefficient (Wildman–Crippen LogP) is 4.64. The van der Waals surface area contributed by atoms with Crippen molar-refractivity contribution in [1.29, 1.82) is 0 Å². The van der Waals surface area contributed by atoms with Crippen molar-refractivity contribution in [2.75, 3.05) is 11.9 Å². The van der Waals surface area contributed by atoms with Gasteiger partial charge in [0.15, 0.2) is 0 Å². The fraction of sp³-hybridized carbons (Fsp3) is 0.400. The van der Waals surface area contributed by atoms with E-state index in [0.717, 1.165) is 40.1 Å². The number of halogens is 1. The van der Waals surface area contributed by atoms with Crippen LogP contribution in [0.3, 0.4) is 0 Å². The molecule has 0 bridgehead atoms. The molecule has 0 aliphatic heterocycles. The Kier molecular flexibility index (Phi) is 3.76.